The predicted octanol–water partition coefficient (Wildman–Crippen LogP) is 3.88. The van der Waals surface area contributed by atoms with Crippen LogP contribution in [-0.2, 0) is 4.79 Å². The number of alkyl halides is 1. The lowest BCUT2D eigenvalue weighted by atomic mass is 10.1. The van der Waals surface area contributed by atoms with Gasteiger partial charge in [0.2, 0.25) is 5.91 Å². The molecule has 0 radical (unpaired) electrons. The number of rotatable bonds is 3. The zero-order valence-corrected chi connectivity index (χ0v) is 10.5. The minimum Gasteiger partial charge on any atom is -0.322 e. The third-order valence-corrected chi connectivity index (χ3v) is 2.96. The van der Waals surface area contributed by atoms with Gasteiger partial charge in [0, 0.05) is 6.07 Å². The van der Waals surface area contributed by atoms with E-state index in [4.69, 9.17) is 11.6 Å². The van der Waals surface area contributed by atoms with E-state index in [1.165, 1.54) is 0 Å². The molecule has 0 fully saturated rings. The first-order chi connectivity index (χ1) is 9.08. The highest BCUT2D eigenvalue weighted by atomic mass is 35.5. The van der Waals surface area contributed by atoms with E-state index in [0.29, 0.717) is 11.6 Å². The van der Waals surface area contributed by atoms with Gasteiger partial charge < -0.3 is 5.32 Å². The lowest BCUT2D eigenvalue weighted by Crippen LogP contribution is -2.18. The van der Waals surface area contributed by atoms with E-state index in [2.05, 4.69) is 5.32 Å². The third kappa shape index (κ3) is 3.29. The summed E-state index contributed by atoms with van der Waals surface area (Å²) in [4.78, 5) is 11.8. The van der Waals surface area contributed by atoms with Crippen LogP contribution in [0.1, 0.15) is 10.9 Å². The molecule has 0 aromatic heterocycles. The zero-order valence-electron chi connectivity index (χ0n) is 9.74. The molecule has 0 saturated carbocycles. The van der Waals surface area contributed by atoms with Gasteiger partial charge in [-0.3, -0.25) is 4.79 Å². The van der Waals surface area contributed by atoms with Gasteiger partial charge >= 0.3 is 0 Å². The fourth-order valence-corrected chi connectivity index (χ4v) is 1.76. The van der Waals surface area contributed by atoms with Crippen molar-refractivity contribution >= 4 is 23.2 Å². The first-order valence-corrected chi connectivity index (χ1v) is 5.96. The smallest absolute Gasteiger partial charge is 0.247 e. The first kappa shape index (κ1) is 13.5. The molecule has 1 atom stereocenters. The summed E-state index contributed by atoms with van der Waals surface area (Å²) in [5.41, 5.74) is 0.497. The molecule has 0 aliphatic carbocycles. The average Bonchev–Trinajstić information content (AvgIpc) is 2.42. The van der Waals surface area contributed by atoms with E-state index in [-0.39, 0.29) is 5.69 Å². The lowest BCUT2D eigenvalue weighted by molar-refractivity contribution is -0.116. The summed E-state index contributed by atoms with van der Waals surface area (Å²) >= 11 is 5.98. The second-order valence-corrected chi connectivity index (χ2v) is 4.32. The van der Waals surface area contributed by atoms with E-state index in [1.54, 1.807) is 30.3 Å². The number of carbonyl (C=O) groups is 1. The predicted molar refractivity (Wildman–Crippen MR) is 70.0 cm³/mol. The van der Waals surface area contributed by atoms with Crippen molar-refractivity contribution in [1.29, 1.82) is 0 Å². The minimum absolute atomic E-state index is 0.104. The van der Waals surface area contributed by atoms with Crippen molar-refractivity contribution in [3.63, 3.8) is 0 Å². The molecule has 5 heteroatoms. The normalized spacial score (nSPS) is 11.9. The van der Waals surface area contributed by atoms with Crippen LogP contribution < -0.4 is 5.32 Å². The molecule has 0 unspecified atom stereocenters. The Bertz CT molecular complexity index is 589. The van der Waals surface area contributed by atoms with Crippen LogP contribution in [0.4, 0.5) is 14.5 Å². The van der Waals surface area contributed by atoms with Gasteiger partial charge in [-0.15, -0.1) is 11.6 Å². The van der Waals surface area contributed by atoms with Crippen LogP contribution in [0.5, 0.6) is 0 Å². The van der Waals surface area contributed by atoms with Crippen LogP contribution in [0.3, 0.4) is 0 Å². The molecule has 1 amide bonds. The van der Waals surface area contributed by atoms with Crippen LogP contribution >= 0.6 is 11.6 Å². The highest BCUT2D eigenvalue weighted by molar-refractivity contribution is 6.32. The standard InChI is InChI=1S/C14H10ClF2NO/c15-13(9-4-2-1-3-5-9)14(19)18-12-7-6-10(16)8-11(12)17/h1-8,13H,(H,18,19)/t13-/m0/s1. The molecule has 2 aromatic carbocycles. The van der Waals surface area contributed by atoms with Crippen LogP contribution in [0, 0.1) is 11.6 Å². The second kappa shape index (κ2) is 5.80. The number of anilines is 1. The number of benzene rings is 2. The molecule has 0 spiro atoms. The monoisotopic (exact) mass is 281 g/mol. The van der Waals surface area contributed by atoms with E-state index >= 15 is 0 Å². The van der Waals surface area contributed by atoms with Gasteiger partial charge in [-0.2, -0.15) is 0 Å². The number of halogens is 3. The van der Waals surface area contributed by atoms with Crippen molar-refractivity contribution in [1.82, 2.24) is 0 Å². The molecule has 0 aliphatic heterocycles. The quantitative estimate of drug-likeness (QED) is 0.850. The molecule has 0 heterocycles. The summed E-state index contributed by atoms with van der Waals surface area (Å²) in [6.45, 7) is 0. The Balaban J connectivity index is 2.13. The largest absolute Gasteiger partial charge is 0.322 e. The van der Waals surface area contributed by atoms with Crippen molar-refractivity contribution in [3.05, 3.63) is 65.7 Å². The van der Waals surface area contributed by atoms with Gasteiger partial charge in [-0.05, 0) is 17.7 Å². The van der Waals surface area contributed by atoms with Crippen LogP contribution in [0.15, 0.2) is 48.5 Å². The molecular formula is C14H10ClF2NO. The molecule has 2 nitrogen and oxygen atoms in total. The van der Waals surface area contributed by atoms with Crippen molar-refractivity contribution in [2.75, 3.05) is 5.32 Å². The number of amides is 1. The SMILES string of the molecule is O=C(Nc1ccc(F)cc1F)[C@@H](Cl)c1ccccc1. The topological polar surface area (TPSA) is 29.1 Å². The van der Waals surface area contributed by atoms with Crippen molar-refractivity contribution in [3.8, 4) is 0 Å². The number of hydrogen-bond donors (Lipinski definition) is 1. The molecule has 0 bridgehead atoms. The Kier molecular flexibility index (Phi) is 4.12. The van der Waals surface area contributed by atoms with Crippen LogP contribution in [0.2, 0.25) is 0 Å². The number of hydrogen-bond acceptors (Lipinski definition) is 1. The van der Waals surface area contributed by atoms with Gasteiger partial charge in [0.05, 0.1) is 5.69 Å². The van der Waals surface area contributed by atoms with E-state index in [9.17, 15) is 13.6 Å². The molecule has 98 valence electrons. The molecule has 0 aliphatic rings. The van der Waals surface area contributed by atoms with Gasteiger partial charge in [-0.25, -0.2) is 8.78 Å². The number of nitrogens with one attached hydrogen (secondary N) is 1. The Morgan fingerprint density at radius 3 is 2.42 bits per heavy atom. The third-order valence-electron chi connectivity index (χ3n) is 2.51. The summed E-state index contributed by atoms with van der Waals surface area (Å²) in [6, 6.07) is 11.6. The second-order valence-electron chi connectivity index (χ2n) is 3.89. The molecular weight excluding hydrogens is 272 g/mol. The van der Waals surface area contributed by atoms with E-state index in [1.807, 2.05) is 0 Å². The molecule has 2 aromatic rings. The molecule has 2 rings (SSSR count). The lowest BCUT2D eigenvalue weighted by Gasteiger charge is -2.11. The summed E-state index contributed by atoms with van der Waals surface area (Å²) in [7, 11) is 0. The van der Waals surface area contributed by atoms with Crippen molar-refractivity contribution in [2.24, 2.45) is 0 Å². The zero-order chi connectivity index (χ0) is 13.8. The maximum absolute atomic E-state index is 13.4. The summed E-state index contributed by atoms with van der Waals surface area (Å²) in [5.74, 6) is -2.12. The molecule has 1 N–H and O–H groups in total. The maximum atomic E-state index is 13.4. The van der Waals surface area contributed by atoms with Gasteiger partial charge in [0.25, 0.3) is 0 Å². The molecule has 19 heavy (non-hydrogen) atoms. The Labute approximate surface area is 114 Å². The van der Waals surface area contributed by atoms with Crippen molar-refractivity contribution in [2.45, 2.75) is 5.38 Å². The first-order valence-electron chi connectivity index (χ1n) is 5.53. The van der Waals surface area contributed by atoms with E-state index < -0.39 is 22.9 Å². The Morgan fingerprint density at radius 1 is 1.11 bits per heavy atom. The Hall–Kier alpha value is -1.94. The molecule has 0 saturated heterocycles. The minimum atomic E-state index is -0.939. The number of carbonyl (C=O) groups excluding carboxylic acids is 1. The van der Waals surface area contributed by atoms with Gasteiger partial charge in [0.1, 0.15) is 17.0 Å². The van der Waals surface area contributed by atoms with Crippen molar-refractivity contribution < 1.29 is 13.6 Å². The highest BCUT2D eigenvalue weighted by Gasteiger charge is 2.18. The van der Waals surface area contributed by atoms with Gasteiger partial charge in [-0.1, -0.05) is 30.3 Å². The average molecular weight is 282 g/mol. The van der Waals surface area contributed by atoms with Crippen LogP contribution in [-0.4, -0.2) is 5.91 Å². The summed E-state index contributed by atoms with van der Waals surface area (Å²) in [5, 5.41) is 1.38. The summed E-state index contributed by atoms with van der Waals surface area (Å²) in [6.07, 6.45) is 0. The Morgan fingerprint density at radius 2 is 1.79 bits per heavy atom. The fraction of sp³-hybridized carbons (Fsp3) is 0.0714. The fourth-order valence-electron chi connectivity index (χ4n) is 1.56. The maximum Gasteiger partial charge on any atom is 0.247 e. The van der Waals surface area contributed by atoms with Gasteiger partial charge in [0.15, 0.2) is 0 Å². The highest BCUT2D eigenvalue weighted by Crippen LogP contribution is 2.23. The summed E-state index contributed by atoms with van der Waals surface area (Å²) < 4.78 is 26.1. The van der Waals surface area contributed by atoms with E-state index in [0.717, 1.165) is 12.1 Å². The van der Waals surface area contributed by atoms with Crippen LogP contribution in [0.25, 0.3) is 0 Å².